The van der Waals surface area contributed by atoms with Gasteiger partial charge < -0.3 is 24.6 Å². The first-order chi connectivity index (χ1) is 24.1. The van der Waals surface area contributed by atoms with Crippen LogP contribution in [0.1, 0.15) is 99.5 Å². The molecule has 0 amide bonds. The van der Waals surface area contributed by atoms with Gasteiger partial charge in [-0.2, -0.15) is 0 Å². The van der Waals surface area contributed by atoms with E-state index in [0.717, 1.165) is 110 Å². The largest absolute Gasteiger partial charge is 0.481 e. The summed E-state index contributed by atoms with van der Waals surface area (Å²) in [6, 6.07) is 11.8. The van der Waals surface area contributed by atoms with Crippen LogP contribution in [0, 0.1) is 25.1 Å². The Morgan fingerprint density at radius 1 is 1.04 bits per heavy atom. The van der Waals surface area contributed by atoms with Crippen molar-refractivity contribution in [3.63, 3.8) is 0 Å². The lowest BCUT2D eigenvalue weighted by atomic mass is 9.81. The fraction of sp³-hybridized carbons (Fsp3) is 0.571. The van der Waals surface area contributed by atoms with Crippen molar-refractivity contribution < 1.29 is 28.9 Å². The van der Waals surface area contributed by atoms with Gasteiger partial charge in [0.05, 0.1) is 36.1 Å². The molecule has 0 aliphatic carbocycles. The molecule has 51 heavy (non-hydrogen) atoms. The van der Waals surface area contributed by atoms with Gasteiger partial charge in [-0.15, -0.1) is 0 Å². The van der Waals surface area contributed by atoms with Crippen molar-refractivity contribution in [2.24, 2.45) is 5.41 Å². The second kappa shape index (κ2) is 16.5. The number of aliphatic carboxylic acids is 1. The maximum atomic E-state index is 13.7. The Labute approximate surface area is 304 Å². The zero-order valence-corrected chi connectivity index (χ0v) is 31.8. The number of aryl methyl sites for hydroxylation is 2. The van der Waals surface area contributed by atoms with E-state index in [4.69, 9.17) is 19.6 Å². The number of piperidine rings is 1. The van der Waals surface area contributed by atoms with Crippen LogP contribution in [-0.2, 0) is 46.8 Å². The van der Waals surface area contributed by atoms with Gasteiger partial charge in [0.2, 0.25) is 0 Å². The molecule has 9 heteroatoms. The minimum Gasteiger partial charge on any atom is -0.481 e. The SMILES string of the molecule is CC(C)(C)O.Cc1cc(F)ccc1CN1CCc2cc(-c3c(COC4CCOCC4)nc(C)c(CC(=O)O)c3N3CCC(C)(C)CC3)ccc2C1. The van der Waals surface area contributed by atoms with E-state index < -0.39 is 11.6 Å². The number of carboxylic acid groups (broad SMARTS) is 1. The van der Waals surface area contributed by atoms with E-state index >= 15 is 0 Å². The molecule has 0 saturated carbocycles. The van der Waals surface area contributed by atoms with Crippen LogP contribution >= 0.6 is 0 Å². The predicted octanol–water partition coefficient (Wildman–Crippen LogP) is 7.79. The molecule has 3 aromatic rings. The molecule has 2 aromatic carbocycles. The highest BCUT2D eigenvalue weighted by atomic mass is 19.1. The number of carboxylic acids is 1. The van der Waals surface area contributed by atoms with Crippen molar-refractivity contribution >= 4 is 11.7 Å². The lowest BCUT2D eigenvalue weighted by Gasteiger charge is -2.40. The molecule has 4 heterocycles. The number of hydrogen-bond donors (Lipinski definition) is 2. The topological polar surface area (TPSA) is 95.4 Å². The molecule has 2 saturated heterocycles. The average molecular weight is 704 g/mol. The van der Waals surface area contributed by atoms with Crippen molar-refractivity contribution in [3.8, 4) is 11.1 Å². The van der Waals surface area contributed by atoms with E-state index in [2.05, 4.69) is 41.8 Å². The molecule has 0 spiro atoms. The smallest absolute Gasteiger partial charge is 0.307 e. The Balaban J connectivity index is 0.000000943. The summed E-state index contributed by atoms with van der Waals surface area (Å²) in [6.07, 6.45) is 4.79. The molecule has 3 aliphatic rings. The van der Waals surface area contributed by atoms with Crippen molar-refractivity contribution in [2.45, 2.75) is 118 Å². The van der Waals surface area contributed by atoms with Crippen LogP contribution in [0.25, 0.3) is 11.1 Å². The van der Waals surface area contributed by atoms with Gasteiger partial charge in [-0.3, -0.25) is 14.7 Å². The Morgan fingerprint density at radius 2 is 1.73 bits per heavy atom. The van der Waals surface area contributed by atoms with E-state index in [1.807, 2.05) is 19.9 Å². The summed E-state index contributed by atoms with van der Waals surface area (Å²) < 4.78 is 25.7. The summed E-state index contributed by atoms with van der Waals surface area (Å²) in [4.78, 5) is 22.1. The highest BCUT2D eigenvalue weighted by Crippen LogP contribution is 2.43. The number of fused-ring (bicyclic) bond motifs is 1. The van der Waals surface area contributed by atoms with Gasteiger partial charge in [0.1, 0.15) is 5.82 Å². The third kappa shape index (κ3) is 10.8. The number of aliphatic hydroxyl groups is 1. The Kier molecular flexibility index (Phi) is 12.6. The molecule has 8 nitrogen and oxygen atoms in total. The van der Waals surface area contributed by atoms with Crippen LogP contribution in [0.4, 0.5) is 10.1 Å². The first kappa shape index (κ1) is 38.9. The number of aromatic nitrogens is 1. The van der Waals surface area contributed by atoms with Crippen molar-refractivity contribution in [1.29, 1.82) is 0 Å². The zero-order chi connectivity index (χ0) is 36.9. The van der Waals surface area contributed by atoms with Crippen LogP contribution in [0.15, 0.2) is 36.4 Å². The molecule has 6 rings (SSSR count). The maximum absolute atomic E-state index is 13.7. The Hall–Kier alpha value is -3.37. The monoisotopic (exact) mass is 703 g/mol. The normalized spacial score (nSPS) is 18.2. The molecule has 3 aliphatic heterocycles. The number of pyridine rings is 1. The van der Waals surface area contributed by atoms with Crippen LogP contribution in [0.2, 0.25) is 0 Å². The second-order valence-electron chi connectivity index (χ2n) is 16.4. The van der Waals surface area contributed by atoms with Crippen molar-refractivity contribution in [2.75, 3.05) is 37.7 Å². The van der Waals surface area contributed by atoms with E-state index in [1.54, 1.807) is 32.9 Å². The summed E-state index contributed by atoms with van der Waals surface area (Å²) in [5, 5.41) is 18.5. The van der Waals surface area contributed by atoms with Gasteiger partial charge in [-0.1, -0.05) is 38.1 Å². The third-order valence-electron chi connectivity index (χ3n) is 10.2. The molecule has 1 aromatic heterocycles. The molecule has 0 bridgehead atoms. The highest BCUT2D eigenvalue weighted by molar-refractivity contribution is 5.87. The van der Waals surface area contributed by atoms with Gasteiger partial charge in [-0.05, 0) is 112 Å². The lowest BCUT2D eigenvalue weighted by molar-refractivity contribution is -0.136. The number of ether oxygens (including phenoxy) is 2. The molecule has 0 unspecified atom stereocenters. The summed E-state index contributed by atoms with van der Waals surface area (Å²) in [6.45, 7) is 19.9. The number of rotatable bonds is 9. The van der Waals surface area contributed by atoms with Gasteiger partial charge in [-0.25, -0.2) is 4.39 Å². The number of hydrogen-bond acceptors (Lipinski definition) is 7. The van der Waals surface area contributed by atoms with E-state index in [-0.39, 0.29) is 23.8 Å². The first-order valence-electron chi connectivity index (χ1n) is 18.6. The predicted molar refractivity (Wildman–Crippen MR) is 201 cm³/mol. The molecular formula is C42H58FN3O5. The average Bonchev–Trinajstić information content (AvgIpc) is 3.05. The lowest BCUT2D eigenvalue weighted by Crippen LogP contribution is -2.38. The summed E-state index contributed by atoms with van der Waals surface area (Å²) in [7, 11) is 0. The summed E-state index contributed by atoms with van der Waals surface area (Å²) in [5.74, 6) is -1.04. The van der Waals surface area contributed by atoms with Gasteiger partial charge >= 0.3 is 5.97 Å². The van der Waals surface area contributed by atoms with Crippen LogP contribution < -0.4 is 4.90 Å². The Bertz CT molecular complexity index is 1660. The fourth-order valence-electron chi connectivity index (χ4n) is 7.26. The Morgan fingerprint density at radius 3 is 2.37 bits per heavy atom. The fourth-order valence-corrected chi connectivity index (χ4v) is 7.26. The standard InChI is InChI=1S/C38H48FN3O4.C4H10O/c1-25-19-31(39)8-7-29(25)22-41-14-9-27-20-28(5-6-30(27)23-41)36-34(24-46-32-10-17-45-18-11-32)40-26(2)33(21-35(43)44)37(36)42-15-12-38(3,4)13-16-42;1-4(2,3)5/h5-8,19-20,32H,9-18,21-24H2,1-4H3,(H,43,44);5H,1-3H3. The van der Waals surface area contributed by atoms with E-state index in [9.17, 15) is 14.3 Å². The molecule has 0 atom stereocenters. The molecule has 2 N–H and O–H groups in total. The van der Waals surface area contributed by atoms with Gasteiger partial charge in [0, 0.05) is 62.8 Å². The number of halogens is 1. The van der Waals surface area contributed by atoms with Crippen molar-refractivity contribution in [3.05, 3.63) is 81.4 Å². The third-order valence-corrected chi connectivity index (χ3v) is 10.2. The van der Waals surface area contributed by atoms with Gasteiger partial charge in [0.25, 0.3) is 0 Å². The zero-order valence-electron chi connectivity index (χ0n) is 31.8. The van der Waals surface area contributed by atoms with Crippen LogP contribution in [-0.4, -0.2) is 70.6 Å². The molecular weight excluding hydrogens is 645 g/mol. The van der Waals surface area contributed by atoms with E-state index in [1.165, 1.54) is 11.1 Å². The molecule has 278 valence electrons. The van der Waals surface area contributed by atoms with Gasteiger partial charge in [0.15, 0.2) is 0 Å². The quantitative estimate of drug-likeness (QED) is 0.233. The van der Waals surface area contributed by atoms with Crippen LogP contribution in [0.5, 0.6) is 0 Å². The number of anilines is 1. The molecule has 0 radical (unpaired) electrons. The summed E-state index contributed by atoms with van der Waals surface area (Å²) >= 11 is 0. The summed E-state index contributed by atoms with van der Waals surface area (Å²) in [5.41, 5.74) is 10.0. The van der Waals surface area contributed by atoms with E-state index in [0.29, 0.717) is 19.8 Å². The second-order valence-corrected chi connectivity index (χ2v) is 16.4. The minimum absolute atomic E-state index is 0.0646. The highest BCUT2D eigenvalue weighted by Gasteiger charge is 2.32. The van der Waals surface area contributed by atoms with Crippen molar-refractivity contribution in [1.82, 2.24) is 9.88 Å². The number of carbonyl (C=O) groups is 1. The maximum Gasteiger partial charge on any atom is 0.307 e. The number of benzene rings is 2. The number of nitrogens with zero attached hydrogens (tertiary/aromatic N) is 3. The van der Waals surface area contributed by atoms with Crippen LogP contribution in [0.3, 0.4) is 0 Å². The minimum atomic E-state index is -0.845. The first-order valence-corrected chi connectivity index (χ1v) is 18.6. The molecule has 2 fully saturated rings.